The molecule has 1 unspecified atom stereocenters. The van der Waals surface area contributed by atoms with Crippen molar-refractivity contribution >= 4 is 11.9 Å². The second-order valence-electron chi connectivity index (χ2n) is 4.21. The number of carbonyl (C=O) groups is 2. The molecule has 0 heterocycles. The van der Waals surface area contributed by atoms with Crippen molar-refractivity contribution in [2.45, 2.75) is 19.8 Å². The molecule has 1 atom stereocenters. The second kappa shape index (κ2) is 6.87. The van der Waals surface area contributed by atoms with E-state index in [1.54, 1.807) is 37.3 Å². The first kappa shape index (κ1) is 15.1. The van der Waals surface area contributed by atoms with Crippen LogP contribution in [0.5, 0.6) is 0 Å². The van der Waals surface area contributed by atoms with Gasteiger partial charge in [-0.25, -0.2) is 0 Å². The molecule has 0 aliphatic heterocycles. The molecule has 0 aliphatic rings. The van der Waals surface area contributed by atoms with Crippen LogP contribution in [0.25, 0.3) is 0 Å². The van der Waals surface area contributed by atoms with Gasteiger partial charge in [0.1, 0.15) is 0 Å². The summed E-state index contributed by atoms with van der Waals surface area (Å²) in [5.41, 5.74) is -1.20. The van der Waals surface area contributed by atoms with Crippen molar-refractivity contribution in [2.24, 2.45) is 5.41 Å². The normalized spacial score (nSPS) is 13.6. The van der Waals surface area contributed by atoms with Gasteiger partial charge in [0.2, 0.25) is 0 Å². The zero-order chi connectivity index (χ0) is 14.3. The third-order valence-electron chi connectivity index (χ3n) is 2.95. The number of carbonyl (C=O) groups excluding carboxylic acids is 1. The summed E-state index contributed by atoms with van der Waals surface area (Å²) in [6, 6.07) is 8.67. The molecule has 0 amide bonds. The van der Waals surface area contributed by atoms with Crippen LogP contribution in [0.3, 0.4) is 0 Å². The quantitative estimate of drug-likeness (QED) is 0.608. The molecule has 1 aromatic carbocycles. The summed E-state index contributed by atoms with van der Waals surface area (Å²) < 4.78 is 17.5. The Morgan fingerprint density at radius 2 is 1.95 bits per heavy atom. The number of alkyl halides is 1. The number of carboxylic acids is 1. The summed E-state index contributed by atoms with van der Waals surface area (Å²) in [6.45, 7) is 0.759. The highest BCUT2D eigenvalue weighted by Crippen LogP contribution is 2.30. The van der Waals surface area contributed by atoms with Gasteiger partial charge in [0.05, 0.1) is 13.3 Å². The average Bonchev–Trinajstić information content (AvgIpc) is 2.39. The van der Waals surface area contributed by atoms with Gasteiger partial charge < -0.3 is 9.84 Å². The molecule has 104 valence electrons. The van der Waals surface area contributed by atoms with Crippen LogP contribution in [-0.2, 0) is 20.7 Å². The van der Waals surface area contributed by atoms with Crippen LogP contribution in [0.4, 0.5) is 4.39 Å². The summed E-state index contributed by atoms with van der Waals surface area (Å²) in [7, 11) is 0. The van der Waals surface area contributed by atoms with Crippen molar-refractivity contribution in [1.29, 1.82) is 0 Å². The molecule has 1 aromatic rings. The minimum atomic E-state index is -1.86. The number of halogens is 1. The summed E-state index contributed by atoms with van der Waals surface area (Å²) >= 11 is 0. The second-order valence-corrected chi connectivity index (χ2v) is 4.21. The van der Waals surface area contributed by atoms with Gasteiger partial charge >= 0.3 is 11.9 Å². The Labute approximate surface area is 111 Å². The number of ether oxygens (including phenoxy) is 1. The molecular weight excluding hydrogens is 251 g/mol. The molecular formula is C14H17FO4. The van der Waals surface area contributed by atoms with Crippen LogP contribution in [0, 0.1) is 5.41 Å². The van der Waals surface area contributed by atoms with Crippen molar-refractivity contribution < 1.29 is 23.8 Å². The fraction of sp³-hybridized carbons (Fsp3) is 0.429. The van der Waals surface area contributed by atoms with Crippen molar-refractivity contribution in [2.75, 3.05) is 13.3 Å². The molecule has 1 rings (SSSR count). The Hall–Kier alpha value is -1.91. The van der Waals surface area contributed by atoms with Crippen molar-refractivity contribution in [3.63, 3.8) is 0 Å². The minimum Gasteiger partial charge on any atom is -0.480 e. The maximum absolute atomic E-state index is 12.7. The van der Waals surface area contributed by atoms with Crippen molar-refractivity contribution in [1.82, 2.24) is 0 Å². The van der Waals surface area contributed by atoms with Gasteiger partial charge in [-0.3, -0.25) is 14.0 Å². The van der Waals surface area contributed by atoms with Crippen LogP contribution >= 0.6 is 0 Å². The summed E-state index contributed by atoms with van der Waals surface area (Å²) in [5.74, 6) is -2.24. The summed E-state index contributed by atoms with van der Waals surface area (Å²) in [6.07, 6.45) is -0.470. The van der Waals surface area contributed by atoms with Crippen LogP contribution < -0.4 is 0 Å². The van der Waals surface area contributed by atoms with Gasteiger partial charge in [-0.1, -0.05) is 30.3 Å². The van der Waals surface area contributed by atoms with Crippen LogP contribution in [0.2, 0.25) is 0 Å². The molecule has 0 fully saturated rings. The first-order valence-corrected chi connectivity index (χ1v) is 6.07. The van der Waals surface area contributed by atoms with Crippen molar-refractivity contribution in [3.8, 4) is 0 Å². The van der Waals surface area contributed by atoms with E-state index < -0.39 is 30.4 Å². The first-order valence-electron chi connectivity index (χ1n) is 6.07. The lowest BCUT2D eigenvalue weighted by Crippen LogP contribution is -2.43. The van der Waals surface area contributed by atoms with Crippen LogP contribution in [0.15, 0.2) is 30.3 Å². The molecule has 0 aliphatic carbocycles. The fourth-order valence-corrected chi connectivity index (χ4v) is 1.91. The van der Waals surface area contributed by atoms with E-state index in [0.717, 1.165) is 0 Å². The standard InChI is InChI=1S/C14H17FO4/c1-2-19-13(18)14(8-9-15,12(16)17)10-11-6-4-3-5-7-11/h3-7H,2,8-10H2,1H3,(H,16,17). The number of carboxylic acid groups (broad SMARTS) is 1. The lowest BCUT2D eigenvalue weighted by atomic mass is 9.79. The topological polar surface area (TPSA) is 63.6 Å². The molecule has 0 saturated carbocycles. The van der Waals surface area contributed by atoms with E-state index in [1.165, 1.54) is 0 Å². The van der Waals surface area contributed by atoms with Gasteiger partial charge in [-0.15, -0.1) is 0 Å². The van der Waals surface area contributed by atoms with E-state index in [0.29, 0.717) is 5.56 Å². The van der Waals surface area contributed by atoms with Crippen molar-refractivity contribution in [3.05, 3.63) is 35.9 Å². The van der Waals surface area contributed by atoms with Gasteiger partial charge in [0.15, 0.2) is 5.41 Å². The maximum atomic E-state index is 12.7. The van der Waals surface area contributed by atoms with Crippen LogP contribution in [-0.4, -0.2) is 30.3 Å². The van der Waals surface area contributed by atoms with E-state index in [4.69, 9.17) is 4.74 Å². The molecule has 0 radical (unpaired) electrons. The third kappa shape index (κ3) is 3.53. The zero-order valence-electron chi connectivity index (χ0n) is 10.8. The molecule has 0 saturated heterocycles. The van der Waals surface area contributed by atoms with Gasteiger partial charge in [0, 0.05) is 6.42 Å². The molecule has 4 nitrogen and oxygen atoms in total. The lowest BCUT2D eigenvalue weighted by Gasteiger charge is -2.26. The third-order valence-corrected chi connectivity index (χ3v) is 2.95. The van der Waals surface area contributed by atoms with E-state index in [2.05, 4.69) is 0 Å². The molecule has 5 heteroatoms. The van der Waals surface area contributed by atoms with Gasteiger partial charge in [-0.2, -0.15) is 0 Å². The zero-order valence-corrected chi connectivity index (χ0v) is 10.8. The molecule has 19 heavy (non-hydrogen) atoms. The predicted octanol–water partition coefficient (Wildman–Crippen LogP) is 2.22. The largest absolute Gasteiger partial charge is 0.480 e. The van der Waals surface area contributed by atoms with E-state index in [1.807, 2.05) is 0 Å². The Balaban J connectivity index is 3.09. The number of benzene rings is 1. The van der Waals surface area contributed by atoms with Gasteiger partial charge in [-0.05, 0) is 18.9 Å². The molecule has 0 spiro atoms. The minimum absolute atomic E-state index is 0.0644. The molecule has 0 aromatic heterocycles. The molecule has 0 bridgehead atoms. The number of rotatable bonds is 7. The van der Waals surface area contributed by atoms with E-state index in [9.17, 15) is 19.1 Å². The Morgan fingerprint density at radius 1 is 1.32 bits per heavy atom. The monoisotopic (exact) mass is 268 g/mol. The highest BCUT2D eigenvalue weighted by molar-refractivity contribution is 5.99. The molecule has 1 N–H and O–H groups in total. The Kier molecular flexibility index (Phi) is 5.48. The smallest absolute Gasteiger partial charge is 0.323 e. The highest BCUT2D eigenvalue weighted by Gasteiger charge is 2.47. The predicted molar refractivity (Wildman–Crippen MR) is 67.4 cm³/mol. The Bertz CT molecular complexity index is 432. The van der Waals surface area contributed by atoms with Crippen LogP contribution in [0.1, 0.15) is 18.9 Å². The lowest BCUT2D eigenvalue weighted by molar-refractivity contribution is -0.169. The average molecular weight is 268 g/mol. The number of aliphatic carboxylic acids is 1. The Morgan fingerprint density at radius 3 is 2.42 bits per heavy atom. The van der Waals surface area contributed by atoms with Gasteiger partial charge in [0.25, 0.3) is 0 Å². The number of esters is 1. The van der Waals surface area contributed by atoms with E-state index in [-0.39, 0.29) is 13.0 Å². The fourth-order valence-electron chi connectivity index (χ4n) is 1.91. The van der Waals surface area contributed by atoms with E-state index >= 15 is 0 Å². The number of hydrogen-bond donors (Lipinski definition) is 1. The first-order chi connectivity index (χ1) is 9.06. The number of hydrogen-bond acceptors (Lipinski definition) is 3. The SMILES string of the molecule is CCOC(=O)C(CCF)(Cc1ccccc1)C(=O)O. The highest BCUT2D eigenvalue weighted by atomic mass is 19.1. The summed E-state index contributed by atoms with van der Waals surface area (Å²) in [5, 5.41) is 9.35. The maximum Gasteiger partial charge on any atom is 0.323 e. The summed E-state index contributed by atoms with van der Waals surface area (Å²) in [4.78, 5) is 23.4.